The SMILES string of the molecule is COc1ccc(NC(=O)CSc2ccc3nnc(-c4ccccc4)n3n2)cc1. The summed E-state index contributed by atoms with van der Waals surface area (Å²) in [5.74, 6) is 1.55. The first-order valence-corrected chi connectivity index (χ1v) is 9.56. The Balaban J connectivity index is 1.45. The number of fused-ring (bicyclic) bond motifs is 1. The largest absolute Gasteiger partial charge is 0.497 e. The molecule has 2 aromatic carbocycles. The molecule has 8 heteroatoms. The molecule has 1 amide bonds. The van der Waals surface area contributed by atoms with E-state index in [2.05, 4.69) is 20.6 Å². The van der Waals surface area contributed by atoms with E-state index in [1.165, 1.54) is 11.8 Å². The van der Waals surface area contributed by atoms with Crippen molar-refractivity contribution >= 4 is 29.0 Å². The molecule has 0 aliphatic carbocycles. The summed E-state index contributed by atoms with van der Waals surface area (Å²) >= 11 is 1.35. The first kappa shape index (κ1) is 18.0. The van der Waals surface area contributed by atoms with Crippen LogP contribution in [0.1, 0.15) is 0 Å². The fourth-order valence-electron chi connectivity index (χ4n) is 2.63. The third kappa shape index (κ3) is 3.96. The molecule has 1 N–H and O–H groups in total. The zero-order chi connectivity index (χ0) is 19.3. The molecule has 0 fully saturated rings. The van der Waals surface area contributed by atoms with Crippen molar-refractivity contribution in [3.63, 3.8) is 0 Å². The lowest BCUT2D eigenvalue weighted by Crippen LogP contribution is -2.14. The van der Waals surface area contributed by atoms with E-state index < -0.39 is 0 Å². The van der Waals surface area contributed by atoms with E-state index in [4.69, 9.17) is 4.74 Å². The van der Waals surface area contributed by atoms with E-state index in [1.54, 1.807) is 35.9 Å². The Kier molecular flexibility index (Phi) is 5.20. The Morgan fingerprint density at radius 3 is 2.57 bits per heavy atom. The molecule has 0 saturated carbocycles. The minimum atomic E-state index is -0.107. The summed E-state index contributed by atoms with van der Waals surface area (Å²) in [5.41, 5.74) is 2.31. The molecule has 4 rings (SSSR count). The number of nitrogens with one attached hydrogen (secondary N) is 1. The van der Waals surface area contributed by atoms with E-state index in [0.717, 1.165) is 22.0 Å². The highest BCUT2D eigenvalue weighted by molar-refractivity contribution is 7.99. The Hall–Kier alpha value is -3.39. The van der Waals surface area contributed by atoms with Crippen molar-refractivity contribution in [2.45, 2.75) is 5.03 Å². The fraction of sp³-hybridized carbons (Fsp3) is 0.100. The zero-order valence-corrected chi connectivity index (χ0v) is 15.9. The van der Waals surface area contributed by atoms with E-state index in [0.29, 0.717) is 11.5 Å². The summed E-state index contributed by atoms with van der Waals surface area (Å²) < 4.78 is 6.81. The highest BCUT2D eigenvalue weighted by Crippen LogP contribution is 2.21. The molecule has 2 heterocycles. The van der Waals surface area contributed by atoms with Crippen LogP contribution in [0.2, 0.25) is 0 Å². The van der Waals surface area contributed by atoms with Crippen LogP contribution in [0.25, 0.3) is 17.0 Å². The number of hydrogen-bond donors (Lipinski definition) is 1. The van der Waals surface area contributed by atoms with Gasteiger partial charge in [0.1, 0.15) is 10.8 Å². The number of methoxy groups -OCH3 is 1. The lowest BCUT2D eigenvalue weighted by molar-refractivity contribution is -0.113. The number of carbonyl (C=O) groups is 1. The molecule has 4 aromatic rings. The quantitative estimate of drug-likeness (QED) is 0.507. The Morgan fingerprint density at radius 1 is 1.04 bits per heavy atom. The molecular formula is C20H17N5O2S. The summed E-state index contributed by atoms with van der Waals surface area (Å²) in [6.07, 6.45) is 0. The molecule has 0 radical (unpaired) electrons. The van der Waals surface area contributed by atoms with Crippen molar-refractivity contribution < 1.29 is 9.53 Å². The lowest BCUT2D eigenvalue weighted by atomic mass is 10.2. The van der Waals surface area contributed by atoms with Crippen LogP contribution in [0, 0.1) is 0 Å². The van der Waals surface area contributed by atoms with Crippen LogP contribution in [0.4, 0.5) is 5.69 Å². The molecule has 0 spiro atoms. The second-order valence-electron chi connectivity index (χ2n) is 5.90. The first-order valence-electron chi connectivity index (χ1n) is 8.57. The Bertz CT molecular complexity index is 1100. The molecule has 28 heavy (non-hydrogen) atoms. The van der Waals surface area contributed by atoms with E-state index in [9.17, 15) is 4.79 Å². The number of carbonyl (C=O) groups excluding carboxylic acids is 1. The van der Waals surface area contributed by atoms with Crippen LogP contribution in [0.5, 0.6) is 5.75 Å². The molecule has 0 aliphatic rings. The number of anilines is 1. The smallest absolute Gasteiger partial charge is 0.234 e. The van der Waals surface area contributed by atoms with Crippen molar-refractivity contribution in [1.29, 1.82) is 0 Å². The number of nitrogens with zero attached hydrogens (tertiary/aromatic N) is 4. The molecule has 2 aromatic heterocycles. The van der Waals surface area contributed by atoms with E-state index in [-0.39, 0.29) is 11.7 Å². The highest BCUT2D eigenvalue weighted by Gasteiger charge is 2.11. The topological polar surface area (TPSA) is 81.4 Å². The summed E-state index contributed by atoms with van der Waals surface area (Å²) in [5, 5.41) is 16.5. The second kappa shape index (κ2) is 8.10. The van der Waals surface area contributed by atoms with Crippen molar-refractivity contribution in [2.75, 3.05) is 18.2 Å². The van der Waals surface area contributed by atoms with Gasteiger partial charge in [-0.3, -0.25) is 4.79 Å². The predicted octanol–water partition coefficient (Wildman–Crippen LogP) is 3.53. The number of benzene rings is 2. The van der Waals surface area contributed by atoms with Gasteiger partial charge < -0.3 is 10.1 Å². The molecule has 0 unspecified atom stereocenters. The maximum atomic E-state index is 12.2. The van der Waals surface area contributed by atoms with Gasteiger partial charge in [-0.15, -0.1) is 10.2 Å². The van der Waals surface area contributed by atoms with Crippen molar-refractivity contribution in [2.24, 2.45) is 0 Å². The standard InChI is InChI=1S/C20H17N5O2S/c1-27-16-9-7-15(8-10-16)21-18(26)13-28-19-12-11-17-22-23-20(25(17)24-19)14-5-3-2-4-6-14/h2-12H,13H2,1H3,(H,21,26). The maximum Gasteiger partial charge on any atom is 0.234 e. The fourth-order valence-corrected chi connectivity index (χ4v) is 3.28. The van der Waals surface area contributed by atoms with Gasteiger partial charge in [0.2, 0.25) is 5.91 Å². The normalized spacial score (nSPS) is 10.8. The number of hydrogen-bond acceptors (Lipinski definition) is 6. The molecule has 0 aliphatic heterocycles. The lowest BCUT2D eigenvalue weighted by Gasteiger charge is -2.06. The average Bonchev–Trinajstić information content (AvgIpc) is 3.17. The second-order valence-corrected chi connectivity index (χ2v) is 6.89. The van der Waals surface area contributed by atoms with Crippen LogP contribution in [0.3, 0.4) is 0 Å². The van der Waals surface area contributed by atoms with Crippen molar-refractivity contribution in [1.82, 2.24) is 19.8 Å². The molecule has 7 nitrogen and oxygen atoms in total. The number of amides is 1. The van der Waals surface area contributed by atoms with Crippen molar-refractivity contribution in [3.05, 3.63) is 66.7 Å². The van der Waals surface area contributed by atoms with Gasteiger partial charge in [0.15, 0.2) is 11.5 Å². The first-order chi connectivity index (χ1) is 13.7. The maximum absolute atomic E-state index is 12.2. The molecule has 0 bridgehead atoms. The summed E-state index contributed by atoms with van der Waals surface area (Å²) in [6, 6.07) is 20.6. The van der Waals surface area contributed by atoms with Crippen LogP contribution >= 0.6 is 11.8 Å². The van der Waals surface area contributed by atoms with Crippen molar-refractivity contribution in [3.8, 4) is 17.1 Å². The van der Waals surface area contributed by atoms with Crippen LogP contribution in [0.15, 0.2) is 71.8 Å². The Morgan fingerprint density at radius 2 is 1.82 bits per heavy atom. The van der Waals surface area contributed by atoms with Gasteiger partial charge in [-0.1, -0.05) is 42.1 Å². The number of aromatic nitrogens is 4. The van der Waals surface area contributed by atoms with Crippen LogP contribution < -0.4 is 10.1 Å². The number of rotatable bonds is 6. The minimum absolute atomic E-state index is 0.107. The minimum Gasteiger partial charge on any atom is -0.497 e. The summed E-state index contributed by atoms with van der Waals surface area (Å²) in [7, 11) is 1.60. The van der Waals surface area contributed by atoms with Gasteiger partial charge >= 0.3 is 0 Å². The highest BCUT2D eigenvalue weighted by atomic mass is 32.2. The van der Waals surface area contributed by atoms with Crippen LogP contribution in [-0.2, 0) is 4.79 Å². The summed E-state index contributed by atoms with van der Waals surface area (Å²) in [4.78, 5) is 12.2. The van der Waals surface area contributed by atoms with Gasteiger partial charge in [-0.25, -0.2) is 0 Å². The van der Waals surface area contributed by atoms with Gasteiger partial charge in [-0.05, 0) is 36.4 Å². The van der Waals surface area contributed by atoms with Gasteiger partial charge in [0, 0.05) is 11.3 Å². The average molecular weight is 391 g/mol. The van der Waals surface area contributed by atoms with E-state index >= 15 is 0 Å². The summed E-state index contributed by atoms with van der Waals surface area (Å²) in [6.45, 7) is 0. The monoisotopic (exact) mass is 391 g/mol. The number of ether oxygens (including phenoxy) is 1. The molecule has 0 atom stereocenters. The zero-order valence-electron chi connectivity index (χ0n) is 15.1. The Labute approximate surface area is 165 Å². The molecule has 140 valence electrons. The van der Waals surface area contributed by atoms with Crippen LogP contribution in [-0.4, -0.2) is 38.6 Å². The third-order valence-corrected chi connectivity index (χ3v) is 4.92. The number of thioether (sulfide) groups is 1. The molecule has 0 saturated heterocycles. The van der Waals surface area contributed by atoms with E-state index in [1.807, 2.05) is 42.5 Å². The van der Waals surface area contributed by atoms with Gasteiger partial charge in [0.05, 0.1) is 12.9 Å². The van der Waals surface area contributed by atoms with Gasteiger partial charge in [-0.2, -0.15) is 9.61 Å². The van der Waals surface area contributed by atoms with Gasteiger partial charge in [0.25, 0.3) is 0 Å². The molecular weight excluding hydrogens is 374 g/mol. The third-order valence-electron chi connectivity index (χ3n) is 4.00. The predicted molar refractivity (Wildman–Crippen MR) is 109 cm³/mol.